The van der Waals surface area contributed by atoms with E-state index in [9.17, 15) is 4.39 Å². The maximum absolute atomic E-state index is 13.4. The molecule has 0 aromatic heterocycles. The molecule has 102 valence electrons. The quantitative estimate of drug-likeness (QED) is 0.727. The van der Waals surface area contributed by atoms with Gasteiger partial charge in [-0.1, -0.05) is 17.7 Å². The Hall–Kier alpha value is -1.57. The average Bonchev–Trinajstić information content (AvgIpc) is 2.42. The van der Waals surface area contributed by atoms with Gasteiger partial charge in [0.15, 0.2) is 0 Å². The topological polar surface area (TPSA) is 33.0 Å². The highest BCUT2D eigenvalue weighted by Gasteiger charge is 2.09. The summed E-state index contributed by atoms with van der Waals surface area (Å²) in [7, 11) is 0. The fourth-order valence-electron chi connectivity index (χ4n) is 1.70. The van der Waals surface area contributed by atoms with Crippen LogP contribution in [0, 0.1) is 24.1 Å². The molecule has 0 aliphatic rings. The summed E-state index contributed by atoms with van der Waals surface area (Å²) in [6.07, 6.45) is 0. The molecule has 5 heteroatoms. The Kier molecular flexibility index (Phi) is 4.64. The van der Waals surface area contributed by atoms with E-state index in [0.29, 0.717) is 15.8 Å². The minimum atomic E-state index is -0.526. The first-order valence-corrected chi connectivity index (χ1v) is 6.95. The zero-order valence-electron chi connectivity index (χ0n) is 10.6. The molecule has 0 unspecified atom stereocenters. The molecule has 0 bridgehead atoms. The highest BCUT2D eigenvalue weighted by molar-refractivity contribution is 9.10. The van der Waals surface area contributed by atoms with Crippen LogP contribution in [-0.2, 0) is 6.61 Å². The summed E-state index contributed by atoms with van der Waals surface area (Å²) in [6.45, 7) is 2.19. The van der Waals surface area contributed by atoms with Gasteiger partial charge in [-0.2, -0.15) is 5.26 Å². The van der Waals surface area contributed by atoms with Gasteiger partial charge in [-0.25, -0.2) is 4.39 Å². The first-order chi connectivity index (χ1) is 9.51. The number of aryl methyl sites for hydroxylation is 1. The standard InChI is InChI=1S/C15H10BrClFNO/c1-9-4-10(7-19)2-3-11(9)8-20-15-6-14(18)13(17)5-12(15)16/h2-6H,8H2,1H3. The van der Waals surface area contributed by atoms with E-state index in [4.69, 9.17) is 21.6 Å². The number of hydrogen-bond donors (Lipinski definition) is 0. The number of ether oxygens (including phenoxy) is 1. The van der Waals surface area contributed by atoms with Crippen LogP contribution in [0.15, 0.2) is 34.8 Å². The molecule has 0 atom stereocenters. The zero-order valence-corrected chi connectivity index (χ0v) is 12.9. The Morgan fingerprint density at radius 3 is 2.75 bits per heavy atom. The van der Waals surface area contributed by atoms with Gasteiger partial charge in [0.25, 0.3) is 0 Å². The van der Waals surface area contributed by atoms with Crippen molar-refractivity contribution in [2.24, 2.45) is 0 Å². The van der Waals surface area contributed by atoms with Crippen molar-refractivity contribution in [2.75, 3.05) is 0 Å². The molecule has 0 aliphatic carbocycles. The lowest BCUT2D eigenvalue weighted by Crippen LogP contribution is -1.99. The molecule has 0 N–H and O–H groups in total. The van der Waals surface area contributed by atoms with Crippen LogP contribution < -0.4 is 4.74 Å². The molecule has 0 spiro atoms. The van der Waals surface area contributed by atoms with Gasteiger partial charge in [-0.15, -0.1) is 0 Å². The Labute approximate surface area is 129 Å². The molecule has 2 aromatic rings. The molecule has 0 fully saturated rings. The molecule has 0 saturated carbocycles. The largest absolute Gasteiger partial charge is 0.488 e. The molecule has 0 saturated heterocycles. The molecule has 0 aliphatic heterocycles. The Balaban J connectivity index is 2.17. The Morgan fingerprint density at radius 2 is 2.10 bits per heavy atom. The molecule has 20 heavy (non-hydrogen) atoms. The second-order valence-corrected chi connectivity index (χ2v) is 5.50. The van der Waals surface area contributed by atoms with Crippen LogP contribution in [0.1, 0.15) is 16.7 Å². The smallest absolute Gasteiger partial charge is 0.145 e. The fraction of sp³-hybridized carbons (Fsp3) is 0.133. The minimum absolute atomic E-state index is 0.0405. The summed E-state index contributed by atoms with van der Waals surface area (Å²) < 4.78 is 19.6. The summed E-state index contributed by atoms with van der Waals surface area (Å²) >= 11 is 8.95. The maximum Gasteiger partial charge on any atom is 0.145 e. The van der Waals surface area contributed by atoms with Gasteiger partial charge in [0.2, 0.25) is 0 Å². The van der Waals surface area contributed by atoms with Crippen molar-refractivity contribution in [1.29, 1.82) is 5.26 Å². The number of hydrogen-bond acceptors (Lipinski definition) is 2. The first kappa shape index (κ1) is 14.8. The van der Waals surface area contributed by atoms with Crippen LogP contribution in [0.4, 0.5) is 4.39 Å². The summed E-state index contributed by atoms with van der Waals surface area (Å²) in [5.74, 6) is -0.142. The second-order valence-electron chi connectivity index (χ2n) is 4.24. The summed E-state index contributed by atoms with van der Waals surface area (Å²) in [5, 5.41) is 8.85. The monoisotopic (exact) mass is 353 g/mol. The van der Waals surface area contributed by atoms with Crippen LogP contribution >= 0.6 is 27.5 Å². The van der Waals surface area contributed by atoms with Gasteiger partial charge < -0.3 is 4.74 Å². The number of benzene rings is 2. The number of nitriles is 1. The molecular formula is C15H10BrClFNO. The van der Waals surface area contributed by atoms with Gasteiger partial charge in [0.05, 0.1) is 21.1 Å². The van der Waals surface area contributed by atoms with Crippen LogP contribution in [0.2, 0.25) is 5.02 Å². The van der Waals surface area contributed by atoms with Crippen molar-refractivity contribution in [3.63, 3.8) is 0 Å². The van der Waals surface area contributed by atoms with Crippen molar-refractivity contribution in [3.8, 4) is 11.8 Å². The summed E-state index contributed by atoms with van der Waals surface area (Å²) in [6, 6.07) is 10.1. The van der Waals surface area contributed by atoms with Crippen molar-refractivity contribution in [2.45, 2.75) is 13.5 Å². The molecule has 0 radical (unpaired) electrons. The number of nitrogens with zero attached hydrogens (tertiary/aromatic N) is 1. The normalized spacial score (nSPS) is 10.2. The third-order valence-corrected chi connectivity index (χ3v) is 3.74. The van der Waals surface area contributed by atoms with E-state index in [2.05, 4.69) is 22.0 Å². The van der Waals surface area contributed by atoms with Gasteiger partial charge in [-0.3, -0.25) is 0 Å². The predicted molar refractivity (Wildman–Crippen MR) is 79.3 cm³/mol. The zero-order chi connectivity index (χ0) is 14.7. The van der Waals surface area contributed by atoms with E-state index < -0.39 is 5.82 Å². The third kappa shape index (κ3) is 3.30. The van der Waals surface area contributed by atoms with E-state index in [1.807, 2.05) is 13.0 Å². The van der Waals surface area contributed by atoms with Gasteiger partial charge in [0.1, 0.15) is 18.2 Å². The summed E-state index contributed by atoms with van der Waals surface area (Å²) in [4.78, 5) is 0. The molecule has 2 rings (SSSR count). The van der Waals surface area contributed by atoms with Gasteiger partial charge >= 0.3 is 0 Å². The molecular weight excluding hydrogens is 345 g/mol. The highest BCUT2D eigenvalue weighted by atomic mass is 79.9. The third-order valence-electron chi connectivity index (χ3n) is 2.83. The lowest BCUT2D eigenvalue weighted by atomic mass is 10.1. The summed E-state index contributed by atoms with van der Waals surface area (Å²) in [5.41, 5.74) is 2.49. The van der Waals surface area contributed by atoms with Crippen LogP contribution in [0.3, 0.4) is 0 Å². The second kappa shape index (κ2) is 6.25. The minimum Gasteiger partial charge on any atom is -0.488 e. The van der Waals surface area contributed by atoms with Gasteiger partial charge in [-0.05, 0) is 52.2 Å². The molecule has 0 heterocycles. The predicted octanol–water partition coefficient (Wildman–Crippen LogP) is 5.00. The molecule has 2 aromatic carbocycles. The Bertz CT molecular complexity index is 697. The van der Waals surface area contributed by atoms with E-state index in [1.54, 1.807) is 12.1 Å². The molecule has 0 amide bonds. The van der Waals surface area contributed by atoms with Crippen molar-refractivity contribution in [3.05, 3.63) is 62.3 Å². The lowest BCUT2D eigenvalue weighted by molar-refractivity contribution is 0.302. The SMILES string of the molecule is Cc1cc(C#N)ccc1COc1cc(F)c(Cl)cc1Br. The average molecular weight is 355 g/mol. The maximum atomic E-state index is 13.4. The van der Waals surface area contributed by atoms with Crippen molar-refractivity contribution < 1.29 is 9.13 Å². The number of halogens is 3. The fourth-order valence-corrected chi connectivity index (χ4v) is 2.45. The van der Waals surface area contributed by atoms with Crippen LogP contribution in [0.5, 0.6) is 5.75 Å². The highest BCUT2D eigenvalue weighted by Crippen LogP contribution is 2.31. The van der Waals surface area contributed by atoms with Crippen LogP contribution in [0.25, 0.3) is 0 Å². The molecule has 2 nitrogen and oxygen atoms in total. The van der Waals surface area contributed by atoms with Crippen molar-refractivity contribution >= 4 is 27.5 Å². The van der Waals surface area contributed by atoms with Crippen LogP contribution in [-0.4, -0.2) is 0 Å². The Morgan fingerprint density at radius 1 is 1.35 bits per heavy atom. The van der Waals surface area contributed by atoms with Crippen molar-refractivity contribution in [1.82, 2.24) is 0 Å². The number of rotatable bonds is 3. The van der Waals surface area contributed by atoms with E-state index in [1.165, 1.54) is 12.1 Å². The lowest BCUT2D eigenvalue weighted by Gasteiger charge is -2.11. The van der Waals surface area contributed by atoms with Gasteiger partial charge in [0, 0.05) is 6.07 Å². The van der Waals surface area contributed by atoms with E-state index in [0.717, 1.165) is 11.1 Å². The first-order valence-electron chi connectivity index (χ1n) is 5.78. The van der Waals surface area contributed by atoms with E-state index in [-0.39, 0.29) is 11.6 Å². The van der Waals surface area contributed by atoms with E-state index >= 15 is 0 Å².